The number of nitrogens with one attached hydrogen (secondary N) is 4. The lowest BCUT2D eigenvalue weighted by atomic mass is 10.2. The molecule has 0 spiro atoms. The van der Waals surface area contributed by atoms with E-state index in [0.717, 1.165) is 6.08 Å². The highest BCUT2D eigenvalue weighted by atomic mass is 19.1. The minimum atomic E-state index is -0.522. The van der Waals surface area contributed by atoms with E-state index < -0.39 is 11.7 Å². The number of carbonyl (C=O) groups excluding carboxylic acids is 2. The predicted octanol–water partition coefficient (Wildman–Crippen LogP) is 1.68. The smallest absolute Gasteiger partial charge is 0.275 e. The van der Waals surface area contributed by atoms with E-state index in [9.17, 15) is 14.0 Å². The minimum Gasteiger partial charge on any atom is -0.324 e. The number of hydrazine groups is 1. The molecule has 0 radical (unpaired) electrons. The van der Waals surface area contributed by atoms with Crippen LogP contribution in [0.2, 0.25) is 0 Å². The second-order valence-corrected chi connectivity index (χ2v) is 5.52. The summed E-state index contributed by atoms with van der Waals surface area (Å²) in [4.78, 5) is 28.3. The maximum atomic E-state index is 13.3. The number of carbonyl (C=O) groups is 2. The molecular weight excluding hydrogens is 353 g/mol. The first-order chi connectivity index (χ1) is 12.8. The van der Waals surface area contributed by atoms with E-state index in [-0.39, 0.29) is 23.7 Å². The Bertz CT molecular complexity index is 793. The molecule has 0 saturated carbocycles. The van der Waals surface area contributed by atoms with Crippen molar-refractivity contribution in [3.8, 4) is 0 Å². The first-order valence-corrected chi connectivity index (χ1v) is 8.06. The number of allylic oxidation sites excluding steroid dienone is 5. The number of anilines is 1. The molecule has 1 aromatic rings. The van der Waals surface area contributed by atoms with Crippen LogP contribution in [0.25, 0.3) is 0 Å². The second-order valence-electron chi connectivity index (χ2n) is 5.52. The van der Waals surface area contributed by atoms with Crippen molar-refractivity contribution in [2.75, 3.05) is 12.4 Å². The fraction of sp³-hybridized carbons (Fsp3) is 0.294. The summed E-state index contributed by atoms with van der Waals surface area (Å²) in [6, 6.07) is 0. The number of H-pyrrole nitrogens is 1. The van der Waals surface area contributed by atoms with Crippen LogP contribution in [0.1, 0.15) is 37.2 Å². The minimum absolute atomic E-state index is 0.0741. The maximum Gasteiger partial charge on any atom is 0.275 e. The number of hydrogen-bond donors (Lipinski definition) is 5. The van der Waals surface area contributed by atoms with Gasteiger partial charge in [-0.25, -0.2) is 10.2 Å². The number of amidine groups is 1. The molecule has 0 unspecified atom stereocenters. The van der Waals surface area contributed by atoms with E-state index in [0.29, 0.717) is 23.5 Å². The summed E-state index contributed by atoms with van der Waals surface area (Å²) in [5.41, 5.74) is 3.66. The molecule has 146 valence electrons. The van der Waals surface area contributed by atoms with Crippen LogP contribution in [-0.4, -0.2) is 34.9 Å². The Hall–Kier alpha value is -3.27. The molecule has 0 fully saturated rings. The molecule has 0 saturated heterocycles. The number of rotatable bonds is 8. The van der Waals surface area contributed by atoms with E-state index in [4.69, 9.17) is 5.84 Å². The average Bonchev–Trinajstić information content (AvgIpc) is 3.10. The van der Waals surface area contributed by atoms with Gasteiger partial charge in [0.25, 0.3) is 5.91 Å². The number of halogens is 1. The van der Waals surface area contributed by atoms with Gasteiger partial charge in [0, 0.05) is 25.6 Å². The highest BCUT2D eigenvalue weighted by Crippen LogP contribution is 2.14. The monoisotopic (exact) mass is 377 g/mol. The Morgan fingerprint density at radius 1 is 1.41 bits per heavy atom. The van der Waals surface area contributed by atoms with Gasteiger partial charge in [-0.05, 0) is 31.6 Å². The van der Waals surface area contributed by atoms with Crippen LogP contribution in [0, 0.1) is 0 Å². The molecule has 2 amide bonds. The van der Waals surface area contributed by atoms with Gasteiger partial charge in [0.2, 0.25) is 5.91 Å². The van der Waals surface area contributed by atoms with Crippen molar-refractivity contribution in [1.82, 2.24) is 20.9 Å². The third-order valence-corrected chi connectivity index (χ3v) is 3.61. The molecular formula is C17H24FN7O2. The third kappa shape index (κ3) is 6.86. The van der Waals surface area contributed by atoms with E-state index in [1.807, 2.05) is 0 Å². The SMILES string of the molecule is C=C/C(F)=C\C(C)=C(/C)NC(=O)c1[nH]ncc1NC(=O)CCC(=NC)NN. The van der Waals surface area contributed by atoms with Crippen LogP contribution < -0.4 is 21.9 Å². The van der Waals surface area contributed by atoms with Crippen molar-refractivity contribution < 1.29 is 14.0 Å². The summed E-state index contributed by atoms with van der Waals surface area (Å²) >= 11 is 0. The molecule has 10 heteroatoms. The van der Waals surface area contributed by atoms with Crippen LogP contribution in [0.4, 0.5) is 10.1 Å². The zero-order valence-electron chi connectivity index (χ0n) is 15.5. The number of hydrogen-bond acceptors (Lipinski definition) is 5. The second kappa shape index (κ2) is 10.7. The lowest BCUT2D eigenvalue weighted by molar-refractivity contribution is -0.116. The standard InChI is InChI=1S/C17H24FN7O2/c1-5-12(18)8-10(2)11(3)22-17(27)16-13(9-21-25-16)23-15(26)7-6-14(20-4)24-19/h5,8-9H,1,6-7,19H2,2-4H3,(H,20,24)(H,21,25)(H,22,27)(H,23,26)/b11-10+,12-8+. The molecule has 6 N–H and O–H groups in total. The summed E-state index contributed by atoms with van der Waals surface area (Å²) in [7, 11) is 1.56. The topological polar surface area (TPSA) is 137 Å². The molecule has 0 aliphatic heterocycles. The molecule has 0 aromatic carbocycles. The van der Waals surface area contributed by atoms with Crippen molar-refractivity contribution in [3.05, 3.63) is 47.7 Å². The van der Waals surface area contributed by atoms with Gasteiger partial charge in [0.05, 0.1) is 11.9 Å². The van der Waals surface area contributed by atoms with Crippen molar-refractivity contribution >= 4 is 23.3 Å². The van der Waals surface area contributed by atoms with E-state index >= 15 is 0 Å². The maximum absolute atomic E-state index is 13.3. The molecule has 27 heavy (non-hydrogen) atoms. The number of aromatic amines is 1. The number of nitrogens with zero attached hydrogens (tertiary/aromatic N) is 2. The van der Waals surface area contributed by atoms with Gasteiger partial charge in [-0.1, -0.05) is 6.58 Å². The Morgan fingerprint density at radius 2 is 2.11 bits per heavy atom. The highest BCUT2D eigenvalue weighted by Gasteiger charge is 2.16. The van der Waals surface area contributed by atoms with Crippen LogP contribution in [0.5, 0.6) is 0 Å². The van der Waals surface area contributed by atoms with Crippen molar-refractivity contribution in [2.45, 2.75) is 26.7 Å². The van der Waals surface area contributed by atoms with Gasteiger partial charge in [-0.2, -0.15) is 5.10 Å². The summed E-state index contributed by atoms with van der Waals surface area (Å²) in [5.74, 6) is 4.37. The fourth-order valence-corrected chi connectivity index (χ4v) is 1.95. The molecule has 1 aromatic heterocycles. The molecule has 0 aliphatic carbocycles. The average molecular weight is 377 g/mol. The van der Waals surface area contributed by atoms with Gasteiger partial charge in [-0.3, -0.25) is 19.7 Å². The number of nitrogens with two attached hydrogens (primary N) is 1. The first kappa shape index (κ1) is 21.8. The quantitative estimate of drug-likeness (QED) is 0.154. The molecule has 1 rings (SSSR count). The third-order valence-electron chi connectivity index (χ3n) is 3.61. The normalized spacial score (nSPS) is 12.9. The zero-order chi connectivity index (χ0) is 20.4. The van der Waals surface area contributed by atoms with Crippen LogP contribution in [0.3, 0.4) is 0 Å². The predicted molar refractivity (Wildman–Crippen MR) is 102 cm³/mol. The van der Waals surface area contributed by atoms with Crippen LogP contribution in [0.15, 0.2) is 47.0 Å². The Kier molecular flexibility index (Phi) is 8.60. The van der Waals surface area contributed by atoms with Gasteiger partial charge < -0.3 is 16.1 Å². The Labute approximate surface area is 156 Å². The molecule has 0 aliphatic rings. The van der Waals surface area contributed by atoms with Crippen LogP contribution >= 0.6 is 0 Å². The summed E-state index contributed by atoms with van der Waals surface area (Å²) in [6.07, 6.45) is 4.08. The summed E-state index contributed by atoms with van der Waals surface area (Å²) < 4.78 is 13.3. The lowest BCUT2D eigenvalue weighted by Crippen LogP contribution is -2.31. The van der Waals surface area contributed by atoms with E-state index in [1.54, 1.807) is 20.9 Å². The molecule has 9 nitrogen and oxygen atoms in total. The van der Waals surface area contributed by atoms with Gasteiger partial charge in [-0.15, -0.1) is 0 Å². The van der Waals surface area contributed by atoms with Gasteiger partial charge >= 0.3 is 0 Å². The highest BCUT2D eigenvalue weighted by molar-refractivity contribution is 6.03. The Morgan fingerprint density at radius 3 is 2.70 bits per heavy atom. The molecule has 1 heterocycles. The molecule has 0 atom stereocenters. The first-order valence-electron chi connectivity index (χ1n) is 8.06. The molecule has 0 bridgehead atoms. The zero-order valence-corrected chi connectivity index (χ0v) is 15.5. The van der Waals surface area contributed by atoms with Crippen molar-refractivity contribution in [2.24, 2.45) is 10.8 Å². The number of aliphatic imine (C=N–C) groups is 1. The summed E-state index contributed by atoms with van der Waals surface area (Å²) in [5, 5.41) is 11.5. The van der Waals surface area contributed by atoms with Crippen molar-refractivity contribution in [3.63, 3.8) is 0 Å². The van der Waals surface area contributed by atoms with Gasteiger partial charge in [0.15, 0.2) is 0 Å². The Balaban J connectivity index is 2.79. The van der Waals surface area contributed by atoms with Gasteiger partial charge in [0.1, 0.15) is 17.4 Å². The van der Waals surface area contributed by atoms with E-state index in [1.165, 1.54) is 12.3 Å². The summed E-state index contributed by atoms with van der Waals surface area (Å²) in [6.45, 7) is 6.60. The largest absolute Gasteiger partial charge is 0.324 e. The van der Waals surface area contributed by atoms with Crippen molar-refractivity contribution in [1.29, 1.82) is 0 Å². The lowest BCUT2D eigenvalue weighted by Gasteiger charge is -2.09. The fourth-order valence-electron chi connectivity index (χ4n) is 1.95. The number of amides is 2. The van der Waals surface area contributed by atoms with E-state index in [2.05, 4.69) is 37.8 Å². The number of aromatic nitrogens is 2. The van der Waals surface area contributed by atoms with Crippen LogP contribution in [-0.2, 0) is 4.79 Å².